The number of nitrogens with two attached hydrogens (primary N) is 2. The lowest BCUT2D eigenvalue weighted by molar-refractivity contribution is -0.135. The molecule has 0 heterocycles. The second kappa shape index (κ2) is 5.30. The fraction of sp³-hybridized carbons (Fsp3) is 0.818. The van der Waals surface area contributed by atoms with Gasteiger partial charge in [0.1, 0.15) is 0 Å². The van der Waals surface area contributed by atoms with Crippen LogP contribution in [0.4, 0.5) is 0 Å². The second-order valence-electron chi connectivity index (χ2n) is 4.82. The Morgan fingerprint density at radius 3 is 2.31 bits per heavy atom. The van der Waals surface area contributed by atoms with E-state index in [4.69, 9.17) is 11.5 Å². The van der Waals surface area contributed by atoms with Crippen molar-refractivity contribution >= 4 is 11.8 Å². The highest BCUT2D eigenvalue weighted by molar-refractivity contribution is 5.84. The van der Waals surface area contributed by atoms with E-state index in [1.807, 2.05) is 0 Å². The first-order valence-corrected chi connectivity index (χ1v) is 5.74. The molecule has 0 aromatic rings. The number of likely N-dealkylation sites (N-methyl/N-ethyl adjacent to an activating group) is 1. The largest absolute Gasteiger partial charge is 0.368 e. The highest BCUT2D eigenvalue weighted by atomic mass is 16.2. The van der Waals surface area contributed by atoms with Crippen LogP contribution in [0.3, 0.4) is 0 Å². The molecule has 5 nitrogen and oxygen atoms in total. The summed E-state index contributed by atoms with van der Waals surface area (Å²) in [7, 11) is 1.58. The molecule has 0 unspecified atom stereocenters. The van der Waals surface area contributed by atoms with Crippen molar-refractivity contribution in [3.63, 3.8) is 0 Å². The third kappa shape index (κ3) is 3.81. The predicted molar refractivity (Wildman–Crippen MR) is 61.5 cm³/mol. The number of primary amides is 1. The van der Waals surface area contributed by atoms with Crippen molar-refractivity contribution in [3.8, 4) is 0 Å². The molecule has 0 aromatic heterocycles. The predicted octanol–water partition coefficient (Wildman–Crippen LogP) is -0.0182. The Morgan fingerprint density at radius 2 is 1.81 bits per heavy atom. The third-order valence-electron chi connectivity index (χ3n) is 3.17. The maximum absolute atomic E-state index is 11.8. The summed E-state index contributed by atoms with van der Waals surface area (Å²) in [6.45, 7) is -0.0328. The Hall–Kier alpha value is -1.10. The van der Waals surface area contributed by atoms with Crippen molar-refractivity contribution in [1.82, 2.24) is 4.90 Å². The van der Waals surface area contributed by atoms with E-state index >= 15 is 0 Å². The number of hydrogen-bond donors (Lipinski definition) is 2. The molecule has 16 heavy (non-hydrogen) atoms. The molecule has 0 atom stereocenters. The Bertz CT molecular complexity index is 272. The molecule has 5 heteroatoms. The van der Waals surface area contributed by atoms with Gasteiger partial charge in [0.15, 0.2) is 0 Å². The molecule has 0 spiro atoms. The van der Waals surface area contributed by atoms with Crippen molar-refractivity contribution in [2.45, 2.75) is 44.1 Å². The summed E-state index contributed by atoms with van der Waals surface area (Å²) < 4.78 is 0. The van der Waals surface area contributed by atoms with E-state index in [-0.39, 0.29) is 18.0 Å². The molecule has 1 saturated carbocycles. The van der Waals surface area contributed by atoms with Crippen LogP contribution in [-0.2, 0) is 9.59 Å². The van der Waals surface area contributed by atoms with E-state index in [2.05, 4.69) is 0 Å². The average Bonchev–Trinajstić information content (AvgIpc) is 2.16. The van der Waals surface area contributed by atoms with Crippen LogP contribution < -0.4 is 11.5 Å². The van der Waals surface area contributed by atoms with Gasteiger partial charge in [0.05, 0.1) is 6.54 Å². The molecule has 2 amide bonds. The van der Waals surface area contributed by atoms with Crippen molar-refractivity contribution in [1.29, 1.82) is 0 Å². The smallest absolute Gasteiger partial charge is 0.237 e. The lowest BCUT2D eigenvalue weighted by atomic mass is 9.80. The Labute approximate surface area is 96.1 Å². The normalized spacial score (nSPS) is 19.1. The van der Waals surface area contributed by atoms with E-state index in [1.54, 1.807) is 7.05 Å². The summed E-state index contributed by atoms with van der Waals surface area (Å²) in [4.78, 5) is 23.8. The van der Waals surface area contributed by atoms with Gasteiger partial charge in [-0.3, -0.25) is 9.59 Å². The van der Waals surface area contributed by atoms with Gasteiger partial charge in [-0.15, -0.1) is 0 Å². The molecule has 0 radical (unpaired) electrons. The van der Waals surface area contributed by atoms with Crippen molar-refractivity contribution < 1.29 is 9.59 Å². The quantitative estimate of drug-likeness (QED) is 0.707. The van der Waals surface area contributed by atoms with E-state index in [0.29, 0.717) is 6.42 Å². The van der Waals surface area contributed by atoms with Crippen molar-refractivity contribution in [2.75, 3.05) is 13.6 Å². The van der Waals surface area contributed by atoms with Crippen molar-refractivity contribution in [3.05, 3.63) is 0 Å². The Morgan fingerprint density at radius 1 is 1.25 bits per heavy atom. The van der Waals surface area contributed by atoms with Crippen LogP contribution in [0.25, 0.3) is 0 Å². The minimum Gasteiger partial charge on any atom is -0.368 e. The lowest BCUT2D eigenvalue weighted by Gasteiger charge is -2.34. The second-order valence-corrected chi connectivity index (χ2v) is 4.82. The van der Waals surface area contributed by atoms with E-state index in [0.717, 1.165) is 25.7 Å². The summed E-state index contributed by atoms with van der Waals surface area (Å²) in [6.07, 6.45) is 5.47. The first kappa shape index (κ1) is 13.0. The molecule has 1 rings (SSSR count). The van der Waals surface area contributed by atoms with Crippen LogP contribution in [0, 0.1) is 0 Å². The maximum atomic E-state index is 11.8. The summed E-state index contributed by atoms with van der Waals surface area (Å²) in [5, 5.41) is 0. The van der Waals surface area contributed by atoms with Gasteiger partial charge in [-0.05, 0) is 12.8 Å². The molecule has 92 valence electrons. The van der Waals surface area contributed by atoms with Crippen LogP contribution in [0.5, 0.6) is 0 Å². The lowest BCUT2D eigenvalue weighted by Crippen LogP contribution is -2.47. The van der Waals surface area contributed by atoms with E-state index in [9.17, 15) is 9.59 Å². The van der Waals surface area contributed by atoms with Gasteiger partial charge in [0.25, 0.3) is 0 Å². The average molecular weight is 227 g/mol. The van der Waals surface area contributed by atoms with Crippen LogP contribution in [0.2, 0.25) is 0 Å². The molecule has 4 N–H and O–H groups in total. The molecule has 1 aliphatic rings. The monoisotopic (exact) mass is 227 g/mol. The first-order chi connectivity index (χ1) is 7.43. The number of hydrogen-bond acceptors (Lipinski definition) is 3. The van der Waals surface area contributed by atoms with Crippen LogP contribution in [0.15, 0.2) is 0 Å². The van der Waals surface area contributed by atoms with Gasteiger partial charge in [-0.25, -0.2) is 0 Å². The van der Waals surface area contributed by atoms with E-state index < -0.39 is 5.91 Å². The molecular weight excluding hydrogens is 206 g/mol. The van der Waals surface area contributed by atoms with Crippen LogP contribution >= 0.6 is 0 Å². The SMILES string of the molecule is CN(CC(N)=O)C(=O)CC1(N)CCCCC1. The number of amides is 2. The number of carbonyl (C=O) groups is 2. The number of nitrogens with zero attached hydrogens (tertiary/aromatic N) is 1. The third-order valence-corrected chi connectivity index (χ3v) is 3.17. The van der Waals surface area contributed by atoms with Crippen LogP contribution in [0.1, 0.15) is 38.5 Å². The number of carbonyl (C=O) groups excluding carboxylic acids is 2. The van der Waals surface area contributed by atoms with Gasteiger partial charge in [0.2, 0.25) is 11.8 Å². The zero-order chi connectivity index (χ0) is 12.2. The maximum Gasteiger partial charge on any atom is 0.237 e. The fourth-order valence-corrected chi connectivity index (χ4v) is 2.19. The van der Waals surface area contributed by atoms with Crippen molar-refractivity contribution in [2.24, 2.45) is 11.5 Å². The minimum atomic E-state index is -0.495. The molecular formula is C11H21N3O2. The topological polar surface area (TPSA) is 89.4 Å². The van der Waals surface area contributed by atoms with Gasteiger partial charge in [-0.1, -0.05) is 19.3 Å². The Balaban J connectivity index is 2.45. The highest BCUT2D eigenvalue weighted by Crippen LogP contribution is 2.28. The van der Waals surface area contributed by atoms with Gasteiger partial charge in [0, 0.05) is 19.0 Å². The number of rotatable bonds is 4. The van der Waals surface area contributed by atoms with Gasteiger partial charge in [-0.2, -0.15) is 0 Å². The van der Waals surface area contributed by atoms with E-state index in [1.165, 1.54) is 11.3 Å². The fourth-order valence-electron chi connectivity index (χ4n) is 2.19. The summed E-state index contributed by atoms with van der Waals surface area (Å²) >= 11 is 0. The molecule has 0 aromatic carbocycles. The summed E-state index contributed by atoms with van der Waals surface area (Å²) in [5.74, 6) is -0.589. The zero-order valence-corrected chi connectivity index (χ0v) is 9.87. The van der Waals surface area contributed by atoms with Gasteiger partial charge >= 0.3 is 0 Å². The summed E-state index contributed by atoms with van der Waals surface area (Å²) in [5.41, 5.74) is 10.8. The summed E-state index contributed by atoms with van der Waals surface area (Å²) in [6, 6.07) is 0. The van der Waals surface area contributed by atoms with Crippen LogP contribution in [-0.4, -0.2) is 35.8 Å². The standard InChI is InChI=1S/C11H21N3O2/c1-14(8-9(12)15)10(16)7-11(13)5-3-2-4-6-11/h2-8,13H2,1H3,(H2,12,15). The highest BCUT2D eigenvalue weighted by Gasteiger charge is 2.31. The minimum absolute atomic E-state index is 0.0328. The molecule has 1 aliphatic carbocycles. The molecule has 1 fully saturated rings. The molecule has 0 bridgehead atoms. The Kier molecular flexibility index (Phi) is 4.29. The molecule has 0 aliphatic heterocycles. The first-order valence-electron chi connectivity index (χ1n) is 5.74. The zero-order valence-electron chi connectivity index (χ0n) is 9.87. The molecule has 0 saturated heterocycles. The van der Waals surface area contributed by atoms with Gasteiger partial charge < -0.3 is 16.4 Å².